The van der Waals surface area contributed by atoms with Crippen LogP contribution < -0.4 is 24.4 Å². The van der Waals surface area contributed by atoms with Crippen molar-refractivity contribution in [3.05, 3.63) is 47.5 Å². The summed E-state index contributed by atoms with van der Waals surface area (Å²) in [5.41, 5.74) is 3.69. The monoisotopic (exact) mass is 400 g/mol. The maximum Gasteiger partial charge on any atom is 0.271 e. The fraction of sp³-hybridized carbons (Fsp3) is 0.364. The quantitative estimate of drug-likeness (QED) is 0.481. The molecule has 1 amide bonds. The summed E-state index contributed by atoms with van der Waals surface area (Å²) in [5, 5.41) is 4.02. The van der Waals surface area contributed by atoms with Crippen molar-refractivity contribution in [2.24, 2.45) is 5.10 Å². The normalized spacial score (nSPS) is 10.8. The molecular formula is C22H28N2O5. The van der Waals surface area contributed by atoms with Gasteiger partial charge in [0.1, 0.15) is 0 Å². The average molecular weight is 400 g/mol. The van der Waals surface area contributed by atoms with Crippen LogP contribution in [-0.2, 0) is 0 Å². The molecule has 1 N–H and O–H groups in total. The van der Waals surface area contributed by atoms with Gasteiger partial charge in [-0.25, -0.2) is 5.43 Å². The van der Waals surface area contributed by atoms with Crippen LogP contribution in [0.1, 0.15) is 43.1 Å². The number of nitrogens with zero attached hydrogens (tertiary/aromatic N) is 1. The molecule has 7 heteroatoms. The Morgan fingerprint density at radius 3 is 2.38 bits per heavy atom. The van der Waals surface area contributed by atoms with Crippen LogP contribution in [0.2, 0.25) is 0 Å². The van der Waals surface area contributed by atoms with Crippen molar-refractivity contribution in [1.82, 2.24) is 5.43 Å². The van der Waals surface area contributed by atoms with E-state index in [4.69, 9.17) is 18.9 Å². The SMILES string of the molecule is CCCOc1ccc(/C=N/NC(=O)c2ccc(OC(C)C)c(OC)c2)cc1OC. The number of rotatable bonds is 10. The molecule has 0 aliphatic heterocycles. The van der Waals surface area contributed by atoms with Crippen LogP contribution in [0, 0.1) is 0 Å². The van der Waals surface area contributed by atoms with Crippen molar-refractivity contribution in [2.45, 2.75) is 33.3 Å². The van der Waals surface area contributed by atoms with Gasteiger partial charge in [-0.3, -0.25) is 4.79 Å². The molecule has 0 aliphatic carbocycles. The number of hydrogen-bond donors (Lipinski definition) is 1. The standard InChI is InChI=1S/C22H28N2O5/c1-6-11-28-18-9-7-16(12-20(18)26-4)14-23-24-22(25)17-8-10-19(29-15(2)3)21(13-17)27-5/h7-10,12-15H,6,11H2,1-5H3,(H,24,25)/b23-14+. The number of methoxy groups -OCH3 is 2. The van der Waals surface area contributed by atoms with E-state index in [1.807, 2.05) is 32.9 Å². The highest BCUT2D eigenvalue weighted by Gasteiger charge is 2.12. The van der Waals surface area contributed by atoms with Crippen molar-refractivity contribution in [3.8, 4) is 23.0 Å². The average Bonchev–Trinajstić information content (AvgIpc) is 2.72. The summed E-state index contributed by atoms with van der Waals surface area (Å²) in [6.45, 7) is 6.50. The van der Waals surface area contributed by atoms with E-state index in [1.54, 1.807) is 31.4 Å². The molecule has 156 valence electrons. The lowest BCUT2D eigenvalue weighted by molar-refractivity contribution is 0.0954. The van der Waals surface area contributed by atoms with Crippen LogP contribution in [-0.4, -0.2) is 39.1 Å². The summed E-state index contributed by atoms with van der Waals surface area (Å²) in [7, 11) is 3.11. The number of hydrazone groups is 1. The van der Waals surface area contributed by atoms with Crippen LogP contribution in [0.3, 0.4) is 0 Å². The Labute approximate surface area is 171 Å². The Bertz CT molecular complexity index is 849. The lowest BCUT2D eigenvalue weighted by Gasteiger charge is -2.14. The van der Waals surface area contributed by atoms with Crippen molar-refractivity contribution >= 4 is 12.1 Å². The van der Waals surface area contributed by atoms with E-state index in [1.165, 1.54) is 13.3 Å². The summed E-state index contributed by atoms with van der Waals surface area (Å²) in [4.78, 5) is 12.4. The maximum atomic E-state index is 12.4. The highest BCUT2D eigenvalue weighted by Crippen LogP contribution is 2.29. The topological polar surface area (TPSA) is 78.4 Å². The van der Waals surface area contributed by atoms with Gasteiger partial charge in [0.05, 0.1) is 33.1 Å². The van der Waals surface area contributed by atoms with Crippen LogP contribution >= 0.6 is 0 Å². The molecule has 0 heterocycles. The van der Waals surface area contributed by atoms with Gasteiger partial charge in [0.15, 0.2) is 23.0 Å². The third kappa shape index (κ3) is 6.41. The first-order chi connectivity index (χ1) is 14.0. The van der Waals surface area contributed by atoms with Gasteiger partial charge in [0.2, 0.25) is 0 Å². The van der Waals surface area contributed by atoms with Crippen LogP contribution in [0.25, 0.3) is 0 Å². The fourth-order valence-corrected chi connectivity index (χ4v) is 2.49. The largest absolute Gasteiger partial charge is 0.493 e. The summed E-state index contributed by atoms with van der Waals surface area (Å²) in [6.07, 6.45) is 2.45. The van der Waals surface area contributed by atoms with Gasteiger partial charge in [0, 0.05) is 5.56 Å². The molecule has 0 atom stereocenters. The lowest BCUT2D eigenvalue weighted by atomic mass is 10.2. The van der Waals surface area contributed by atoms with Crippen LogP contribution in [0.5, 0.6) is 23.0 Å². The van der Waals surface area contributed by atoms with E-state index in [0.717, 1.165) is 12.0 Å². The molecule has 0 saturated heterocycles. The van der Waals surface area contributed by atoms with Gasteiger partial charge in [-0.05, 0) is 62.2 Å². The highest BCUT2D eigenvalue weighted by atomic mass is 16.5. The van der Waals surface area contributed by atoms with Gasteiger partial charge in [-0.2, -0.15) is 5.10 Å². The first-order valence-electron chi connectivity index (χ1n) is 9.47. The Morgan fingerprint density at radius 1 is 1.03 bits per heavy atom. The second-order valence-corrected chi connectivity index (χ2v) is 6.49. The fourth-order valence-electron chi connectivity index (χ4n) is 2.49. The zero-order chi connectivity index (χ0) is 21.2. The van der Waals surface area contributed by atoms with E-state index in [2.05, 4.69) is 10.5 Å². The van der Waals surface area contributed by atoms with E-state index < -0.39 is 0 Å². The molecule has 0 aromatic heterocycles. The van der Waals surface area contributed by atoms with Crippen molar-refractivity contribution in [2.75, 3.05) is 20.8 Å². The van der Waals surface area contributed by atoms with Crippen LogP contribution in [0.4, 0.5) is 0 Å². The van der Waals surface area contributed by atoms with Gasteiger partial charge in [-0.1, -0.05) is 6.92 Å². The third-order valence-electron chi connectivity index (χ3n) is 3.82. The predicted molar refractivity (Wildman–Crippen MR) is 113 cm³/mol. The minimum Gasteiger partial charge on any atom is -0.493 e. The molecular weight excluding hydrogens is 372 g/mol. The van der Waals surface area contributed by atoms with E-state index in [0.29, 0.717) is 35.2 Å². The first-order valence-corrected chi connectivity index (χ1v) is 9.47. The summed E-state index contributed by atoms with van der Waals surface area (Å²) in [6, 6.07) is 10.4. The summed E-state index contributed by atoms with van der Waals surface area (Å²) in [5.74, 6) is 2.00. The Morgan fingerprint density at radius 2 is 1.72 bits per heavy atom. The van der Waals surface area contributed by atoms with Crippen molar-refractivity contribution in [3.63, 3.8) is 0 Å². The molecule has 7 nitrogen and oxygen atoms in total. The highest BCUT2D eigenvalue weighted by molar-refractivity contribution is 5.95. The number of amides is 1. The zero-order valence-corrected chi connectivity index (χ0v) is 17.5. The number of nitrogens with one attached hydrogen (secondary N) is 1. The zero-order valence-electron chi connectivity index (χ0n) is 17.5. The Hall–Kier alpha value is -3.22. The molecule has 0 aliphatic rings. The first kappa shape index (κ1) is 22.1. The molecule has 2 aromatic carbocycles. The number of carbonyl (C=O) groups is 1. The van der Waals surface area contributed by atoms with Gasteiger partial charge in [0.25, 0.3) is 5.91 Å². The van der Waals surface area contributed by atoms with Crippen molar-refractivity contribution < 1.29 is 23.7 Å². The predicted octanol–water partition coefficient (Wildman–Crippen LogP) is 4.04. The molecule has 0 fully saturated rings. The second-order valence-electron chi connectivity index (χ2n) is 6.49. The van der Waals surface area contributed by atoms with Gasteiger partial charge in [-0.15, -0.1) is 0 Å². The number of carbonyl (C=O) groups excluding carboxylic acids is 1. The van der Waals surface area contributed by atoms with Gasteiger partial charge < -0.3 is 18.9 Å². The Kier molecular flexibility index (Phi) is 8.33. The lowest BCUT2D eigenvalue weighted by Crippen LogP contribution is -2.18. The van der Waals surface area contributed by atoms with E-state index in [-0.39, 0.29) is 12.0 Å². The number of ether oxygens (including phenoxy) is 4. The number of benzene rings is 2. The molecule has 0 saturated carbocycles. The molecule has 0 bridgehead atoms. The smallest absolute Gasteiger partial charge is 0.271 e. The molecule has 2 rings (SSSR count). The van der Waals surface area contributed by atoms with Gasteiger partial charge >= 0.3 is 0 Å². The second kappa shape index (κ2) is 10.9. The minimum atomic E-state index is -0.356. The molecule has 2 aromatic rings. The molecule has 29 heavy (non-hydrogen) atoms. The van der Waals surface area contributed by atoms with Crippen LogP contribution in [0.15, 0.2) is 41.5 Å². The maximum absolute atomic E-state index is 12.4. The third-order valence-corrected chi connectivity index (χ3v) is 3.82. The van der Waals surface area contributed by atoms with Crippen molar-refractivity contribution in [1.29, 1.82) is 0 Å². The molecule has 0 unspecified atom stereocenters. The van der Waals surface area contributed by atoms with E-state index >= 15 is 0 Å². The number of hydrogen-bond acceptors (Lipinski definition) is 6. The molecule has 0 spiro atoms. The summed E-state index contributed by atoms with van der Waals surface area (Å²) < 4.78 is 21.9. The summed E-state index contributed by atoms with van der Waals surface area (Å²) >= 11 is 0. The minimum absolute atomic E-state index is 0.00364. The Balaban J connectivity index is 2.05. The van der Waals surface area contributed by atoms with E-state index in [9.17, 15) is 4.79 Å². The molecule has 0 radical (unpaired) electrons.